The number of piperidine rings is 2. The van der Waals surface area contributed by atoms with Crippen molar-refractivity contribution in [2.45, 2.75) is 44.6 Å². The van der Waals surface area contributed by atoms with Gasteiger partial charge in [-0.25, -0.2) is 4.98 Å². The second-order valence-electron chi connectivity index (χ2n) is 9.93. The molecular formula is C26H29N7O2S. The lowest BCUT2D eigenvalue weighted by Gasteiger charge is -2.38. The van der Waals surface area contributed by atoms with Crippen molar-refractivity contribution in [3.63, 3.8) is 0 Å². The van der Waals surface area contributed by atoms with Crippen LogP contribution in [0.25, 0.3) is 21.1 Å². The van der Waals surface area contributed by atoms with Crippen molar-refractivity contribution in [2.24, 2.45) is 5.92 Å². The van der Waals surface area contributed by atoms with E-state index in [0.29, 0.717) is 29.6 Å². The summed E-state index contributed by atoms with van der Waals surface area (Å²) in [6.07, 6.45) is 8.87. The molecule has 2 atom stereocenters. The number of aromatic nitrogens is 4. The van der Waals surface area contributed by atoms with Crippen molar-refractivity contribution in [1.82, 2.24) is 30.4 Å². The molecule has 9 nitrogen and oxygen atoms in total. The number of carbonyl (C=O) groups excluding carboxylic acids is 2. The summed E-state index contributed by atoms with van der Waals surface area (Å²) in [5.74, 6) is -0.360. The van der Waals surface area contributed by atoms with Gasteiger partial charge >= 0.3 is 11.8 Å². The Labute approximate surface area is 212 Å². The topological polar surface area (TPSA) is 116 Å². The highest BCUT2D eigenvalue weighted by atomic mass is 32.1. The molecule has 10 heteroatoms. The number of benzene rings is 1. The Morgan fingerprint density at radius 3 is 2.83 bits per heavy atom. The Balaban J connectivity index is 1.25. The first kappa shape index (κ1) is 23.1. The van der Waals surface area contributed by atoms with E-state index in [2.05, 4.69) is 50.9 Å². The van der Waals surface area contributed by atoms with Crippen molar-refractivity contribution in [3.8, 4) is 0 Å². The number of carbonyl (C=O) groups is 2. The molecule has 0 saturated carbocycles. The zero-order valence-corrected chi connectivity index (χ0v) is 21.0. The molecule has 0 aliphatic carbocycles. The Bertz CT molecular complexity index is 1420. The molecule has 0 radical (unpaired) electrons. The minimum absolute atomic E-state index is 0.158. The summed E-state index contributed by atoms with van der Waals surface area (Å²) >= 11 is 1.78. The van der Waals surface area contributed by atoms with Crippen molar-refractivity contribution >= 4 is 50.0 Å². The first-order chi connectivity index (χ1) is 17.6. The number of hydrogen-bond acceptors (Lipinski definition) is 7. The fraction of sp³-hybridized carbons (Fsp3) is 0.423. The lowest BCUT2D eigenvalue weighted by Crippen LogP contribution is -2.46. The summed E-state index contributed by atoms with van der Waals surface area (Å²) in [5, 5.41) is 15.0. The van der Waals surface area contributed by atoms with Gasteiger partial charge < -0.3 is 15.5 Å². The van der Waals surface area contributed by atoms with E-state index in [1.807, 2.05) is 0 Å². The van der Waals surface area contributed by atoms with Gasteiger partial charge in [-0.3, -0.25) is 19.7 Å². The van der Waals surface area contributed by atoms with Crippen LogP contribution in [-0.4, -0.2) is 56.5 Å². The number of amides is 2. The third kappa shape index (κ3) is 4.35. The highest BCUT2D eigenvalue weighted by Gasteiger charge is 2.34. The van der Waals surface area contributed by atoms with Gasteiger partial charge in [0.15, 0.2) is 0 Å². The lowest BCUT2D eigenvalue weighted by atomic mass is 9.89. The van der Waals surface area contributed by atoms with E-state index in [1.165, 1.54) is 15.9 Å². The van der Waals surface area contributed by atoms with E-state index in [9.17, 15) is 9.59 Å². The summed E-state index contributed by atoms with van der Waals surface area (Å²) in [6.45, 7) is 4.74. The van der Waals surface area contributed by atoms with Gasteiger partial charge in [0.05, 0.1) is 44.9 Å². The number of H-pyrrole nitrogens is 1. The van der Waals surface area contributed by atoms with Crippen LogP contribution in [0.3, 0.4) is 0 Å². The zero-order chi connectivity index (χ0) is 24.6. The van der Waals surface area contributed by atoms with Gasteiger partial charge in [0, 0.05) is 24.0 Å². The molecule has 2 amide bonds. The maximum absolute atomic E-state index is 13.4. The first-order valence-corrected chi connectivity index (χ1v) is 13.4. The third-order valence-electron chi connectivity index (χ3n) is 7.38. The molecule has 4 aromatic rings. The van der Waals surface area contributed by atoms with Gasteiger partial charge in [0.25, 0.3) is 0 Å². The van der Waals surface area contributed by atoms with E-state index in [0.717, 1.165) is 55.2 Å². The number of thiazole rings is 1. The van der Waals surface area contributed by atoms with Crippen molar-refractivity contribution in [1.29, 1.82) is 0 Å². The Morgan fingerprint density at radius 1 is 1.11 bits per heavy atom. The third-order valence-corrected chi connectivity index (χ3v) is 8.58. The molecule has 2 aliphatic heterocycles. The average molecular weight is 504 g/mol. The van der Waals surface area contributed by atoms with E-state index in [4.69, 9.17) is 4.98 Å². The molecule has 2 fully saturated rings. The Kier molecular flexibility index (Phi) is 6.14. The maximum Gasteiger partial charge on any atom is 0.314 e. The second-order valence-corrected chi connectivity index (χ2v) is 11.0. The predicted octanol–water partition coefficient (Wildman–Crippen LogP) is 3.97. The summed E-state index contributed by atoms with van der Waals surface area (Å²) in [7, 11) is 0. The molecule has 5 heterocycles. The number of aromatic amines is 1. The number of likely N-dealkylation sites (tertiary alicyclic amines) is 1. The molecule has 1 unspecified atom stereocenters. The van der Waals surface area contributed by atoms with Gasteiger partial charge in [-0.05, 0) is 62.4 Å². The van der Waals surface area contributed by atoms with Crippen molar-refractivity contribution < 1.29 is 9.59 Å². The first-order valence-electron chi connectivity index (χ1n) is 12.6. The molecule has 2 aliphatic rings. The number of rotatable bonds is 3. The van der Waals surface area contributed by atoms with E-state index in [-0.39, 0.29) is 6.04 Å². The standard InChI is InChI=1S/C26H29N7O2S/c1-15-2-4-21(17-3-5-22-19(10-17)31-25(36-22)16-6-8-27-9-7-16)33(14-15)26(35)24(34)30-20-13-28-11-18-12-29-32-23(18)20/h3,5,10-13,15-16,21,27H,2,4,6-9,14H2,1H3,(H,29,32)(H,30,34)/t15-,21?/m0/s1. The lowest BCUT2D eigenvalue weighted by molar-refractivity contribution is -0.146. The number of nitrogens with one attached hydrogen (secondary N) is 3. The minimum Gasteiger partial charge on any atom is -0.327 e. The van der Waals surface area contributed by atoms with Crippen LogP contribution in [0, 0.1) is 5.92 Å². The number of anilines is 1. The van der Waals surface area contributed by atoms with Gasteiger partial charge in [-0.2, -0.15) is 5.10 Å². The Morgan fingerprint density at radius 2 is 1.97 bits per heavy atom. The van der Waals surface area contributed by atoms with Crippen LogP contribution in [0.2, 0.25) is 0 Å². The van der Waals surface area contributed by atoms with E-state index >= 15 is 0 Å². The van der Waals surface area contributed by atoms with E-state index < -0.39 is 11.8 Å². The average Bonchev–Trinajstić information content (AvgIpc) is 3.56. The summed E-state index contributed by atoms with van der Waals surface area (Å²) in [5.41, 5.74) is 3.11. The summed E-state index contributed by atoms with van der Waals surface area (Å²) in [4.78, 5) is 37.4. The van der Waals surface area contributed by atoms with E-state index in [1.54, 1.807) is 28.6 Å². The summed E-state index contributed by atoms with van der Waals surface area (Å²) < 4.78 is 1.17. The van der Waals surface area contributed by atoms with Gasteiger partial charge in [0.1, 0.15) is 0 Å². The highest BCUT2D eigenvalue weighted by Crippen LogP contribution is 2.37. The zero-order valence-electron chi connectivity index (χ0n) is 20.2. The van der Waals surface area contributed by atoms with Crippen LogP contribution in [0.4, 0.5) is 5.69 Å². The molecule has 3 aromatic heterocycles. The minimum atomic E-state index is -0.666. The van der Waals surface area contributed by atoms with Crippen LogP contribution in [0.15, 0.2) is 36.8 Å². The number of hydrogen-bond donors (Lipinski definition) is 3. The smallest absolute Gasteiger partial charge is 0.314 e. The normalized spacial score (nSPS) is 21.2. The molecule has 36 heavy (non-hydrogen) atoms. The van der Waals surface area contributed by atoms with Crippen LogP contribution in [0.5, 0.6) is 0 Å². The predicted molar refractivity (Wildman–Crippen MR) is 140 cm³/mol. The largest absolute Gasteiger partial charge is 0.327 e. The second kappa shape index (κ2) is 9.59. The molecule has 0 spiro atoms. The number of nitrogens with zero attached hydrogens (tertiary/aromatic N) is 4. The van der Waals surface area contributed by atoms with Crippen molar-refractivity contribution in [3.05, 3.63) is 47.4 Å². The molecule has 3 N–H and O–H groups in total. The molecule has 186 valence electrons. The Hall–Kier alpha value is -3.37. The molecule has 0 bridgehead atoms. The fourth-order valence-corrected chi connectivity index (χ4v) is 6.52. The van der Waals surface area contributed by atoms with Gasteiger partial charge in [0.2, 0.25) is 0 Å². The van der Waals surface area contributed by atoms with Crippen LogP contribution in [0.1, 0.15) is 55.1 Å². The highest BCUT2D eigenvalue weighted by molar-refractivity contribution is 7.18. The molecule has 1 aromatic carbocycles. The number of pyridine rings is 1. The monoisotopic (exact) mass is 503 g/mol. The van der Waals surface area contributed by atoms with Crippen LogP contribution >= 0.6 is 11.3 Å². The van der Waals surface area contributed by atoms with Gasteiger partial charge in [-0.15, -0.1) is 11.3 Å². The quantitative estimate of drug-likeness (QED) is 0.364. The maximum atomic E-state index is 13.4. The van der Waals surface area contributed by atoms with Crippen molar-refractivity contribution in [2.75, 3.05) is 25.0 Å². The molecule has 6 rings (SSSR count). The molecular weight excluding hydrogens is 474 g/mol. The fourth-order valence-electron chi connectivity index (χ4n) is 5.40. The SMILES string of the molecule is C[C@H]1CCC(c2ccc3sc(C4CCNCC4)nc3c2)N(C(=O)C(=O)Nc2cncc3cn[nH]c23)C1. The summed E-state index contributed by atoms with van der Waals surface area (Å²) in [6, 6.07) is 6.18. The number of fused-ring (bicyclic) bond motifs is 2. The van der Waals surface area contributed by atoms with Crippen LogP contribution < -0.4 is 10.6 Å². The molecule has 2 saturated heterocycles. The van der Waals surface area contributed by atoms with Gasteiger partial charge in [-0.1, -0.05) is 13.0 Å². The van der Waals surface area contributed by atoms with Crippen LogP contribution in [-0.2, 0) is 9.59 Å².